The topological polar surface area (TPSA) is 38.8 Å². The van der Waals surface area contributed by atoms with E-state index < -0.39 is 0 Å². The minimum atomic E-state index is -0.180. The van der Waals surface area contributed by atoms with E-state index in [9.17, 15) is 4.79 Å². The molecule has 0 saturated carbocycles. The number of fused-ring (bicyclic) bond motifs is 1. The molecule has 1 aromatic carbocycles. The van der Waals surface area contributed by atoms with Crippen LogP contribution in [0.25, 0.3) is 0 Å². The lowest BCUT2D eigenvalue weighted by Crippen LogP contribution is -2.54. The van der Waals surface area contributed by atoms with Gasteiger partial charge in [0.2, 0.25) is 6.79 Å². The maximum Gasteiger partial charge on any atom is 0.231 e. The average Bonchev–Trinajstić information content (AvgIpc) is 2.82. The predicted octanol–water partition coefficient (Wildman–Crippen LogP) is -1.57. The van der Waals surface area contributed by atoms with E-state index >= 15 is 0 Å². The van der Waals surface area contributed by atoms with Gasteiger partial charge in [-0.3, -0.25) is 4.79 Å². The van der Waals surface area contributed by atoms with E-state index in [1.807, 2.05) is 14.0 Å². The first-order chi connectivity index (χ1) is 8.80. The van der Waals surface area contributed by atoms with Gasteiger partial charge in [0.1, 0.15) is 23.5 Å². The van der Waals surface area contributed by atoms with Crippen LogP contribution in [0.5, 0.6) is 11.5 Å². The van der Waals surface area contributed by atoms with E-state index in [0.717, 1.165) is 0 Å². The van der Waals surface area contributed by atoms with Gasteiger partial charge in [-0.2, -0.15) is 0 Å². The van der Waals surface area contributed by atoms with Gasteiger partial charge < -0.3 is 14.4 Å². The number of hydrogen-bond acceptors (Lipinski definition) is 4. The zero-order valence-corrected chi connectivity index (χ0v) is 12.2. The monoisotopic (exact) mass is 257 g/mol. The van der Waals surface area contributed by atoms with Gasteiger partial charge in [-0.25, -0.2) is 0 Å². The van der Waals surface area contributed by atoms with Crippen molar-refractivity contribution in [1.29, 1.82) is 0 Å². The molecule has 0 spiro atoms. The number of likely N-dealkylation sites (N-methyl/N-ethyl adjacent to an activating group) is 1. The van der Waals surface area contributed by atoms with Crippen LogP contribution in [0, 0.1) is 0 Å². The second-order valence-electron chi connectivity index (χ2n) is 5.89. The number of carbonyl (C=O) groups excluding carboxylic acids is 1. The number of rotatable bonds is 4. The highest BCUT2D eigenvalue weighted by molar-refractivity contribution is 6.59. The molecule has 4 nitrogen and oxygen atoms in total. The number of ketones is 1. The molecule has 1 heterocycles. The maximum absolute atomic E-state index is 12.5. The first kappa shape index (κ1) is 14.1. The molecule has 7 heteroatoms. The Kier molecular flexibility index (Phi) is 3.67. The molecule has 98 valence electrons. The van der Waals surface area contributed by atoms with Crippen LogP contribution in [0.4, 0.5) is 0 Å². The molecule has 19 heavy (non-hydrogen) atoms. The van der Waals surface area contributed by atoms with Crippen LogP contribution in [0.3, 0.4) is 0 Å². The Bertz CT molecular complexity index is 501. The largest absolute Gasteiger partial charge is 0.454 e. The van der Waals surface area contributed by atoms with Gasteiger partial charge in [0.15, 0.2) is 17.3 Å². The molecule has 2 rings (SSSR count). The zero-order valence-electron chi connectivity index (χ0n) is 12.2. The quantitative estimate of drug-likeness (QED) is 0.482. The van der Waals surface area contributed by atoms with Crippen molar-refractivity contribution in [1.82, 2.24) is 4.90 Å². The Morgan fingerprint density at radius 2 is 1.95 bits per heavy atom. The molecule has 0 fully saturated rings. The van der Waals surface area contributed by atoms with E-state index in [-0.39, 0.29) is 23.9 Å². The lowest BCUT2D eigenvalue weighted by atomic mass is 9.48. The van der Waals surface area contributed by atoms with Crippen molar-refractivity contribution in [2.45, 2.75) is 18.2 Å². The van der Waals surface area contributed by atoms with Crippen molar-refractivity contribution in [2.75, 3.05) is 13.8 Å². The normalized spacial score (nSPS) is 15.5. The second kappa shape index (κ2) is 4.97. The van der Waals surface area contributed by atoms with E-state index in [1.165, 1.54) is 0 Å². The summed E-state index contributed by atoms with van der Waals surface area (Å²) >= 11 is 0. The molecule has 1 aliphatic rings. The van der Waals surface area contributed by atoms with Crippen LogP contribution in [-0.2, 0) is 0 Å². The number of carbonyl (C=O) groups is 1. The van der Waals surface area contributed by atoms with Crippen molar-refractivity contribution in [3.63, 3.8) is 0 Å². The smallest absolute Gasteiger partial charge is 0.231 e. The van der Waals surface area contributed by atoms with Gasteiger partial charge in [-0.05, 0) is 32.2 Å². The standard InChI is InChI=1S/C12H18B3NO3/c1-7(16(2)12(13,14)15)11(17)8-3-4-9-10(5-8)19-6-18-9/h3-5,7H,6,13-15H2,1-2H3. The highest BCUT2D eigenvalue weighted by atomic mass is 16.7. The van der Waals surface area contributed by atoms with Gasteiger partial charge in [-0.15, -0.1) is 0 Å². The third-order valence-corrected chi connectivity index (χ3v) is 3.68. The Balaban J connectivity index is 2.20. The Hall–Kier alpha value is -1.36. The average molecular weight is 257 g/mol. The van der Waals surface area contributed by atoms with Crippen molar-refractivity contribution in [3.8, 4) is 11.5 Å². The molecule has 0 aliphatic carbocycles. The fraction of sp³-hybridized carbons (Fsp3) is 0.417. The number of nitrogens with zero attached hydrogens (tertiary/aromatic N) is 1. The molecule has 0 amide bonds. The lowest BCUT2D eigenvalue weighted by Gasteiger charge is -2.36. The van der Waals surface area contributed by atoms with Gasteiger partial charge >= 0.3 is 0 Å². The summed E-state index contributed by atoms with van der Waals surface area (Å²) in [6.07, 6.45) is 0. The number of hydrogen-bond donors (Lipinski definition) is 0. The first-order valence-electron chi connectivity index (χ1n) is 6.47. The predicted molar refractivity (Wildman–Crippen MR) is 82.5 cm³/mol. The van der Waals surface area contributed by atoms with Gasteiger partial charge in [0, 0.05) is 5.56 Å². The minimum Gasteiger partial charge on any atom is -0.454 e. The fourth-order valence-electron chi connectivity index (χ4n) is 2.05. The fourth-order valence-corrected chi connectivity index (χ4v) is 2.05. The van der Waals surface area contributed by atoms with E-state index in [1.54, 1.807) is 18.2 Å². The molecule has 1 aliphatic heterocycles. The van der Waals surface area contributed by atoms with Gasteiger partial charge in [0.05, 0.1) is 6.04 Å². The van der Waals surface area contributed by atoms with Crippen LogP contribution in [0.2, 0.25) is 0 Å². The second-order valence-corrected chi connectivity index (χ2v) is 5.89. The summed E-state index contributed by atoms with van der Waals surface area (Å²) in [6, 6.07) is 5.17. The molecule has 1 atom stereocenters. The molecule has 1 aromatic rings. The summed E-state index contributed by atoms with van der Waals surface area (Å²) in [5.74, 6) is 1.44. The van der Waals surface area contributed by atoms with Gasteiger partial charge in [0.25, 0.3) is 0 Å². The summed E-state index contributed by atoms with van der Waals surface area (Å²) < 4.78 is 10.6. The van der Waals surface area contributed by atoms with E-state index in [0.29, 0.717) is 17.1 Å². The van der Waals surface area contributed by atoms with Crippen molar-refractivity contribution >= 4 is 29.3 Å². The van der Waals surface area contributed by atoms with Crippen LogP contribution < -0.4 is 9.47 Å². The molecular formula is C12H18B3NO3. The molecule has 0 aromatic heterocycles. The molecule has 0 bridgehead atoms. The summed E-state index contributed by atoms with van der Waals surface area (Å²) in [4.78, 5) is 14.6. The minimum absolute atomic E-state index is 0.0502. The van der Waals surface area contributed by atoms with Crippen LogP contribution in [0.15, 0.2) is 18.2 Å². The molecule has 1 unspecified atom stereocenters. The van der Waals surface area contributed by atoms with Crippen LogP contribution >= 0.6 is 0 Å². The van der Waals surface area contributed by atoms with E-state index in [4.69, 9.17) is 9.47 Å². The molecule has 0 saturated heterocycles. The zero-order chi connectivity index (χ0) is 14.2. The van der Waals surface area contributed by atoms with Crippen molar-refractivity contribution in [2.24, 2.45) is 0 Å². The summed E-state index contributed by atoms with van der Waals surface area (Å²) in [6.45, 7) is 2.16. The first-order valence-corrected chi connectivity index (χ1v) is 6.47. The van der Waals surface area contributed by atoms with E-state index in [2.05, 4.69) is 28.4 Å². The summed E-state index contributed by atoms with van der Waals surface area (Å²) in [5, 5.41) is -0.0502. The number of ether oxygens (including phenoxy) is 2. The maximum atomic E-state index is 12.5. The Labute approximate surface area is 116 Å². The van der Waals surface area contributed by atoms with Crippen molar-refractivity contribution in [3.05, 3.63) is 23.8 Å². The Morgan fingerprint density at radius 3 is 2.58 bits per heavy atom. The lowest BCUT2D eigenvalue weighted by molar-refractivity contribution is 0.0865. The molecular weight excluding hydrogens is 239 g/mol. The third kappa shape index (κ3) is 2.81. The Morgan fingerprint density at radius 1 is 1.32 bits per heavy atom. The summed E-state index contributed by atoms with van der Waals surface area (Å²) in [5.41, 5.74) is 0.660. The third-order valence-electron chi connectivity index (χ3n) is 3.68. The highest BCUT2D eigenvalue weighted by Gasteiger charge is 2.28. The highest BCUT2D eigenvalue weighted by Crippen LogP contribution is 2.33. The molecule has 0 radical (unpaired) electrons. The SMILES string of the molecule is BC(B)(B)N(C)C(C)C(=O)c1ccc2c(c1)OCO2. The van der Waals surface area contributed by atoms with Crippen LogP contribution in [-0.4, -0.2) is 59.3 Å². The number of benzene rings is 1. The van der Waals surface area contributed by atoms with Crippen molar-refractivity contribution < 1.29 is 14.3 Å². The van der Waals surface area contributed by atoms with Gasteiger partial charge in [-0.1, -0.05) is 5.24 Å². The van der Waals surface area contributed by atoms with Crippen LogP contribution in [0.1, 0.15) is 17.3 Å². The number of Topliss-reactive ketones (excluding diaryl/α,β-unsaturated/α-hetero) is 1. The molecule has 0 N–H and O–H groups in total. The summed E-state index contributed by atoms with van der Waals surface area (Å²) in [7, 11) is 8.25.